The molecule has 2 N–H and O–H groups in total. The van der Waals surface area contributed by atoms with Gasteiger partial charge in [-0.1, -0.05) is 22.0 Å². The second kappa shape index (κ2) is 5.16. The molecule has 2 rings (SSSR count). The van der Waals surface area contributed by atoms with Crippen molar-refractivity contribution in [2.45, 2.75) is 0 Å². The van der Waals surface area contributed by atoms with Crippen molar-refractivity contribution in [3.63, 3.8) is 0 Å². The van der Waals surface area contributed by atoms with Crippen molar-refractivity contribution in [2.24, 2.45) is 11.7 Å². The summed E-state index contributed by atoms with van der Waals surface area (Å²) in [5.41, 5.74) is 6.33. The Hall–Kier alpha value is -0.630. The largest absolute Gasteiger partial charge is 0.330 e. The number of hydrogen-bond acceptors (Lipinski definition) is 3. The zero-order valence-electron chi connectivity index (χ0n) is 10.1. The van der Waals surface area contributed by atoms with E-state index in [1.807, 2.05) is 12.1 Å². The molecule has 5 nitrogen and oxygen atoms in total. The van der Waals surface area contributed by atoms with Crippen LogP contribution in [-0.2, 0) is 10.2 Å². The minimum Gasteiger partial charge on any atom is -0.330 e. The zero-order chi connectivity index (χ0) is 13.3. The van der Waals surface area contributed by atoms with E-state index in [-0.39, 0.29) is 5.92 Å². The average Bonchev–Trinajstić information content (AvgIpc) is 2.32. The Balaban J connectivity index is 2.40. The van der Waals surface area contributed by atoms with Crippen LogP contribution in [0.2, 0.25) is 0 Å². The molecule has 0 aromatic heterocycles. The van der Waals surface area contributed by atoms with Crippen LogP contribution in [0.5, 0.6) is 0 Å². The number of anilines is 1. The first-order valence-corrected chi connectivity index (χ1v) is 7.84. The van der Waals surface area contributed by atoms with E-state index in [0.29, 0.717) is 25.3 Å². The minimum absolute atomic E-state index is 0.150. The highest BCUT2D eigenvalue weighted by atomic mass is 79.9. The molecule has 1 saturated heterocycles. The number of benzene rings is 1. The summed E-state index contributed by atoms with van der Waals surface area (Å²) in [6.07, 6.45) is 0. The number of halogens is 1. The second-order valence-corrected chi connectivity index (χ2v) is 7.28. The van der Waals surface area contributed by atoms with E-state index >= 15 is 0 Å². The van der Waals surface area contributed by atoms with Gasteiger partial charge in [0.25, 0.3) is 0 Å². The summed E-state index contributed by atoms with van der Waals surface area (Å²) < 4.78 is 28.2. The molecule has 0 aliphatic carbocycles. The molecule has 1 aromatic carbocycles. The van der Waals surface area contributed by atoms with Gasteiger partial charge in [0.15, 0.2) is 0 Å². The monoisotopic (exact) mass is 333 g/mol. The Kier molecular flexibility index (Phi) is 3.96. The molecule has 100 valence electrons. The smallest absolute Gasteiger partial charge is 0.303 e. The molecule has 1 heterocycles. The van der Waals surface area contributed by atoms with E-state index in [4.69, 9.17) is 5.73 Å². The van der Waals surface area contributed by atoms with Crippen molar-refractivity contribution < 1.29 is 8.42 Å². The van der Waals surface area contributed by atoms with Gasteiger partial charge in [-0.15, -0.1) is 0 Å². The molecular weight excluding hydrogens is 318 g/mol. The molecule has 0 bridgehead atoms. The Bertz CT molecular complexity index is 535. The SMILES string of the molecule is CN1CC(CN)CN(c2cccc(Br)c2)S1(=O)=O. The summed E-state index contributed by atoms with van der Waals surface area (Å²) in [6.45, 7) is 1.38. The minimum atomic E-state index is -3.42. The standard InChI is InChI=1S/C11H16BrN3O2S/c1-14-7-9(6-13)8-15(18(14,16)17)11-4-2-3-10(12)5-11/h2-5,9H,6-8,13H2,1H3. The van der Waals surface area contributed by atoms with Crippen LogP contribution in [0.25, 0.3) is 0 Å². The Labute approximate surface area is 116 Å². The highest BCUT2D eigenvalue weighted by Crippen LogP contribution is 2.27. The van der Waals surface area contributed by atoms with Crippen LogP contribution in [0, 0.1) is 5.92 Å². The first kappa shape index (κ1) is 13.8. The van der Waals surface area contributed by atoms with E-state index in [0.717, 1.165) is 4.47 Å². The summed E-state index contributed by atoms with van der Waals surface area (Å²) >= 11 is 3.35. The number of nitrogens with two attached hydrogens (primary N) is 1. The molecule has 7 heteroatoms. The van der Waals surface area contributed by atoms with Crippen molar-refractivity contribution in [2.75, 3.05) is 31.0 Å². The van der Waals surface area contributed by atoms with Crippen LogP contribution in [0.3, 0.4) is 0 Å². The summed E-state index contributed by atoms with van der Waals surface area (Å²) in [5, 5.41) is 0. The molecule has 1 atom stereocenters. The van der Waals surface area contributed by atoms with Gasteiger partial charge in [-0.2, -0.15) is 12.7 Å². The van der Waals surface area contributed by atoms with Crippen molar-refractivity contribution in [1.82, 2.24) is 4.31 Å². The Morgan fingerprint density at radius 3 is 2.78 bits per heavy atom. The number of rotatable bonds is 2. The maximum absolute atomic E-state index is 12.3. The van der Waals surface area contributed by atoms with Gasteiger partial charge < -0.3 is 5.73 Å². The third kappa shape index (κ3) is 2.54. The van der Waals surface area contributed by atoms with E-state index in [2.05, 4.69) is 15.9 Å². The molecule has 1 aliphatic heterocycles. The van der Waals surface area contributed by atoms with Gasteiger partial charge in [0.1, 0.15) is 0 Å². The Morgan fingerprint density at radius 1 is 1.44 bits per heavy atom. The molecule has 0 saturated carbocycles. The summed E-state index contributed by atoms with van der Waals surface area (Å²) in [7, 11) is -1.84. The van der Waals surface area contributed by atoms with Crippen LogP contribution in [-0.4, -0.2) is 39.4 Å². The number of nitrogens with zero attached hydrogens (tertiary/aromatic N) is 2. The van der Waals surface area contributed by atoms with Gasteiger partial charge in [0.2, 0.25) is 0 Å². The maximum Gasteiger partial charge on any atom is 0.303 e. The number of hydrogen-bond donors (Lipinski definition) is 1. The quantitative estimate of drug-likeness (QED) is 0.878. The topological polar surface area (TPSA) is 66.6 Å². The average molecular weight is 334 g/mol. The first-order valence-electron chi connectivity index (χ1n) is 5.65. The predicted octanol–water partition coefficient (Wildman–Crippen LogP) is 1.02. The third-order valence-electron chi connectivity index (χ3n) is 3.04. The lowest BCUT2D eigenvalue weighted by molar-refractivity contribution is 0.363. The fourth-order valence-corrected chi connectivity index (χ4v) is 3.93. The van der Waals surface area contributed by atoms with Crippen molar-refractivity contribution in [1.29, 1.82) is 0 Å². The molecule has 1 unspecified atom stereocenters. The van der Waals surface area contributed by atoms with Gasteiger partial charge in [-0.25, -0.2) is 0 Å². The van der Waals surface area contributed by atoms with Gasteiger partial charge >= 0.3 is 10.2 Å². The van der Waals surface area contributed by atoms with E-state index in [1.54, 1.807) is 19.2 Å². The summed E-state index contributed by atoms with van der Waals surface area (Å²) in [4.78, 5) is 0. The molecule has 0 spiro atoms. The van der Waals surface area contributed by atoms with E-state index in [9.17, 15) is 8.42 Å². The zero-order valence-corrected chi connectivity index (χ0v) is 12.5. The lowest BCUT2D eigenvalue weighted by atomic mass is 10.1. The predicted molar refractivity (Wildman–Crippen MR) is 75.6 cm³/mol. The van der Waals surface area contributed by atoms with Gasteiger partial charge in [0.05, 0.1) is 5.69 Å². The molecular formula is C11H16BrN3O2S. The fraction of sp³-hybridized carbons (Fsp3) is 0.455. The summed E-state index contributed by atoms with van der Waals surface area (Å²) in [5.74, 6) is 0.150. The van der Waals surface area contributed by atoms with Crippen LogP contribution in [0.1, 0.15) is 0 Å². The molecule has 1 fully saturated rings. The van der Waals surface area contributed by atoms with Crippen molar-refractivity contribution in [3.05, 3.63) is 28.7 Å². The van der Waals surface area contributed by atoms with Crippen LogP contribution < -0.4 is 10.0 Å². The van der Waals surface area contributed by atoms with Crippen molar-refractivity contribution >= 4 is 31.8 Å². The van der Waals surface area contributed by atoms with Gasteiger partial charge in [-0.3, -0.25) is 4.31 Å². The van der Waals surface area contributed by atoms with Gasteiger partial charge in [0, 0.05) is 30.5 Å². The normalized spacial score (nSPS) is 24.2. The van der Waals surface area contributed by atoms with E-state index < -0.39 is 10.2 Å². The second-order valence-electron chi connectivity index (χ2n) is 4.40. The molecule has 0 amide bonds. The summed E-state index contributed by atoms with van der Waals surface area (Å²) in [6, 6.07) is 7.27. The van der Waals surface area contributed by atoms with Crippen molar-refractivity contribution in [3.8, 4) is 0 Å². The lowest BCUT2D eigenvalue weighted by Gasteiger charge is -2.38. The van der Waals surface area contributed by atoms with E-state index in [1.165, 1.54) is 8.61 Å². The van der Waals surface area contributed by atoms with Gasteiger partial charge in [-0.05, 0) is 24.7 Å². The first-order chi connectivity index (χ1) is 8.45. The Morgan fingerprint density at radius 2 is 2.17 bits per heavy atom. The molecule has 1 aliphatic rings. The molecule has 1 aromatic rings. The highest BCUT2D eigenvalue weighted by Gasteiger charge is 2.35. The molecule has 0 radical (unpaired) electrons. The highest BCUT2D eigenvalue weighted by molar-refractivity contribution is 9.10. The van der Waals surface area contributed by atoms with Crippen LogP contribution in [0.15, 0.2) is 28.7 Å². The maximum atomic E-state index is 12.3. The van der Waals surface area contributed by atoms with Crippen LogP contribution >= 0.6 is 15.9 Å². The lowest BCUT2D eigenvalue weighted by Crippen LogP contribution is -2.53. The third-order valence-corrected chi connectivity index (χ3v) is 5.39. The fourth-order valence-electron chi connectivity index (χ4n) is 2.03. The molecule has 18 heavy (non-hydrogen) atoms. The van der Waals surface area contributed by atoms with Crippen LogP contribution in [0.4, 0.5) is 5.69 Å².